The number of aromatic amines is 1. The predicted octanol–water partition coefficient (Wildman–Crippen LogP) is 3.73. The second-order valence-corrected chi connectivity index (χ2v) is 10.4. The summed E-state index contributed by atoms with van der Waals surface area (Å²) in [6, 6.07) is 10.1. The monoisotopic (exact) mass is 528 g/mol. The molecule has 2 fully saturated rings. The number of urea groups is 1. The van der Waals surface area contributed by atoms with Crippen molar-refractivity contribution >= 4 is 46.7 Å². The number of anilines is 1. The highest BCUT2D eigenvalue weighted by molar-refractivity contribution is 7.18. The van der Waals surface area contributed by atoms with Crippen molar-refractivity contribution in [1.29, 1.82) is 0 Å². The van der Waals surface area contributed by atoms with Gasteiger partial charge in [0.2, 0.25) is 0 Å². The zero-order valence-electron chi connectivity index (χ0n) is 19.7. The van der Waals surface area contributed by atoms with Gasteiger partial charge < -0.3 is 19.9 Å². The number of carbonyl (C=O) groups excluding carboxylic acids is 3. The van der Waals surface area contributed by atoms with Crippen molar-refractivity contribution < 1.29 is 19.1 Å². The summed E-state index contributed by atoms with van der Waals surface area (Å²) in [6.07, 6.45) is 3.53. The maximum absolute atomic E-state index is 13.2. The fourth-order valence-electron chi connectivity index (χ4n) is 4.88. The second-order valence-electron chi connectivity index (χ2n) is 8.68. The van der Waals surface area contributed by atoms with E-state index in [1.165, 1.54) is 23.3 Å². The minimum atomic E-state index is -0.492. The molecular weight excluding hydrogens is 504 g/mol. The van der Waals surface area contributed by atoms with Gasteiger partial charge in [0.15, 0.2) is 0 Å². The molecule has 2 N–H and O–H groups in total. The van der Waals surface area contributed by atoms with Crippen LogP contribution in [0.2, 0.25) is 4.34 Å². The standard InChI is InChI=1S/C24H25ClN6O4S/c1-29(24(34)35-2)20(21-26-10-11-27-21)14-3-5-15(6-4-14)31-13-17-16(9-12-30(17)23(31)33)28-22(32)18-7-8-19(25)36-18/h3-8,10-11,16-17,20H,9,12-13H2,1-2H3,(H,26,27)(H,28,32)/t16-,17-,20?/m1/s1. The van der Waals surface area contributed by atoms with E-state index in [0.29, 0.717) is 34.5 Å². The normalized spacial score (nSPS) is 19.8. The summed E-state index contributed by atoms with van der Waals surface area (Å²) >= 11 is 7.20. The number of nitrogens with one attached hydrogen (secondary N) is 2. The third kappa shape index (κ3) is 4.40. The summed E-state index contributed by atoms with van der Waals surface area (Å²) in [5, 5.41) is 3.07. The highest BCUT2D eigenvalue weighted by Crippen LogP contribution is 2.33. The van der Waals surface area contributed by atoms with Crippen LogP contribution in [0, 0.1) is 0 Å². The SMILES string of the molecule is COC(=O)N(C)C(c1ccc(N2C[C@@H]3[C@H](NC(=O)c4ccc(Cl)s4)CCN3C2=O)cc1)c1ncc[nH]1. The molecule has 2 aliphatic heterocycles. The van der Waals surface area contributed by atoms with Crippen LogP contribution < -0.4 is 10.2 Å². The van der Waals surface area contributed by atoms with Gasteiger partial charge in [-0.15, -0.1) is 11.3 Å². The van der Waals surface area contributed by atoms with E-state index in [4.69, 9.17) is 16.3 Å². The van der Waals surface area contributed by atoms with Crippen LogP contribution in [-0.2, 0) is 4.74 Å². The number of carbonyl (C=O) groups is 3. The molecule has 4 amide bonds. The van der Waals surface area contributed by atoms with E-state index < -0.39 is 12.1 Å². The van der Waals surface area contributed by atoms with Crippen molar-refractivity contribution in [1.82, 2.24) is 25.1 Å². The molecule has 0 aliphatic carbocycles. The molecule has 5 rings (SSSR count). The molecule has 10 nitrogen and oxygen atoms in total. The van der Waals surface area contributed by atoms with E-state index in [-0.39, 0.29) is 24.0 Å². The Labute approximate surface area is 216 Å². The van der Waals surface area contributed by atoms with Crippen LogP contribution in [0.5, 0.6) is 0 Å². The minimum absolute atomic E-state index is 0.0852. The van der Waals surface area contributed by atoms with Crippen LogP contribution in [0.1, 0.15) is 33.5 Å². The Hall–Kier alpha value is -3.57. The average molecular weight is 529 g/mol. The van der Waals surface area contributed by atoms with Gasteiger partial charge in [-0.2, -0.15) is 0 Å². The molecule has 188 valence electrons. The minimum Gasteiger partial charge on any atom is -0.453 e. The van der Waals surface area contributed by atoms with Gasteiger partial charge in [-0.05, 0) is 36.2 Å². The summed E-state index contributed by atoms with van der Waals surface area (Å²) in [7, 11) is 2.97. The maximum Gasteiger partial charge on any atom is 0.410 e. The number of nitrogens with zero attached hydrogens (tertiary/aromatic N) is 4. The number of imidazole rings is 1. The van der Waals surface area contributed by atoms with Crippen LogP contribution in [0.3, 0.4) is 0 Å². The van der Waals surface area contributed by atoms with Crippen molar-refractivity contribution in [2.75, 3.05) is 32.1 Å². The average Bonchev–Trinajstić information content (AvgIpc) is 3.68. The number of aromatic nitrogens is 2. The highest BCUT2D eigenvalue weighted by atomic mass is 35.5. The van der Waals surface area contributed by atoms with Crippen LogP contribution in [0.15, 0.2) is 48.8 Å². The molecule has 3 aromatic rings. The zero-order valence-corrected chi connectivity index (χ0v) is 21.3. The quantitative estimate of drug-likeness (QED) is 0.506. The molecule has 0 spiro atoms. The Kier molecular flexibility index (Phi) is 6.59. The Morgan fingerprint density at radius 3 is 2.69 bits per heavy atom. The topological polar surface area (TPSA) is 111 Å². The van der Waals surface area contributed by atoms with Gasteiger partial charge in [-0.25, -0.2) is 14.6 Å². The molecule has 2 saturated heterocycles. The van der Waals surface area contributed by atoms with Crippen molar-refractivity contribution in [3.05, 3.63) is 69.4 Å². The van der Waals surface area contributed by atoms with E-state index in [1.54, 1.807) is 36.5 Å². The lowest BCUT2D eigenvalue weighted by Crippen LogP contribution is -2.44. The number of hydrogen-bond acceptors (Lipinski definition) is 6. The van der Waals surface area contributed by atoms with Crippen molar-refractivity contribution in [3.63, 3.8) is 0 Å². The molecule has 12 heteroatoms. The van der Waals surface area contributed by atoms with Gasteiger partial charge in [0.1, 0.15) is 11.9 Å². The molecular formula is C24H25ClN6O4S. The number of amides is 4. The zero-order chi connectivity index (χ0) is 25.4. The summed E-state index contributed by atoms with van der Waals surface area (Å²) in [6.45, 7) is 1.05. The van der Waals surface area contributed by atoms with Crippen LogP contribution >= 0.6 is 22.9 Å². The first kappa shape index (κ1) is 24.1. The van der Waals surface area contributed by atoms with Gasteiger partial charge in [0.05, 0.1) is 35.0 Å². The summed E-state index contributed by atoms with van der Waals surface area (Å²) < 4.78 is 5.45. The van der Waals surface area contributed by atoms with E-state index in [0.717, 1.165) is 11.3 Å². The third-order valence-electron chi connectivity index (χ3n) is 6.65. The molecule has 4 heterocycles. The molecule has 0 radical (unpaired) electrons. The second kappa shape index (κ2) is 9.82. The largest absolute Gasteiger partial charge is 0.453 e. The molecule has 2 aliphatic rings. The van der Waals surface area contributed by atoms with Gasteiger partial charge in [-0.3, -0.25) is 14.6 Å². The highest BCUT2D eigenvalue weighted by Gasteiger charge is 2.46. The summed E-state index contributed by atoms with van der Waals surface area (Å²) in [5.41, 5.74) is 1.56. The molecule has 36 heavy (non-hydrogen) atoms. The molecule has 0 bridgehead atoms. The van der Waals surface area contributed by atoms with Crippen LogP contribution in [0.25, 0.3) is 0 Å². The van der Waals surface area contributed by atoms with Crippen molar-refractivity contribution in [3.8, 4) is 0 Å². The number of hydrogen-bond donors (Lipinski definition) is 2. The number of H-pyrrole nitrogens is 1. The fourth-order valence-corrected chi connectivity index (χ4v) is 5.82. The maximum atomic E-state index is 13.2. The Morgan fingerprint density at radius 2 is 2.06 bits per heavy atom. The molecule has 0 saturated carbocycles. The number of fused-ring (bicyclic) bond motifs is 1. The first-order valence-corrected chi connectivity index (χ1v) is 12.6. The van der Waals surface area contributed by atoms with E-state index in [1.807, 2.05) is 29.2 Å². The first-order chi connectivity index (χ1) is 17.4. The van der Waals surface area contributed by atoms with Crippen molar-refractivity contribution in [2.24, 2.45) is 0 Å². The lowest BCUT2D eigenvalue weighted by atomic mass is 10.0. The van der Waals surface area contributed by atoms with Gasteiger partial charge >= 0.3 is 12.1 Å². The first-order valence-electron chi connectivity index (χ1n) is 11.4. The number of thiophene rings is 1. The van der Waals surface area contributed by atoms with Gasteiger partial charge in [0, 0.05) is 31.7 Å². The van der Waals surface area contributed by atoms with Gasteiger partial charge in [-0.1, -0.05) is 23.7 Å². The molecule has 1 unspecified atom stereocenters. The molecule has 3 atom stereocenters. The van der Waals surface area contributed by atoms with Crippen molar-refractivity contribution in [2.45, 2.75) is 24.5 Å². The number of rotatable bonds is 6. The molecule has 2 aromatic heterocycles. The lowest BCUT2D eigenvalue weighted by molar-refractivity contribution is 0.0935. The number of methoxy groups -OCH3 is 1. The fraction of sp³-hybridized carbons (Fsp3) is 0.333. The summed E-state index contributed by atoms with van der Waals surface area (Å²) in [4.78, 5) is 51.0. The number of halogens is 1. The predicted molar refractivity (Wildman–Crippen MR) is 135 cm³/mol. The lowest BCUT2D eigenvalue weighted by Gasteiger charge is -2.26. The smallest absolute Gasteiger partial charge is 0.410 e. The van der Waals surface area contributed by atoms with Crippen LogP contribution in [-0.4, -0.2) is 77.1 Å². The van der Waals surface area contributed by atoms with E-state index >= 15 is 0 Å². The number of ether oxygens (including phenoxy) is 1. The van der Waals surface area contributed by atoms with Gasteiger partial charge in [0.25, 0.3) is 5.91 Å². The summed E-state index contributed by atoms with van der Waals surface area (Å²) in [5.74, 6) is 0.423. The van der Waals surface area contributed by atoms with Crippen LogP contribution in [0.4, 0.5) is 15.3 Å². The van der Waals surface area contributed by atoms with E-state index in [9.17, 15) is 14.4 Å². The number of benzene rings is 1. The third-order valence-corrected chi connectivity index (χ3v) is 7.88. The molecule has 1 aromatic carbocycles. The Balaban J connectivity index is 1.32. The van der Waals surface area contributed by atoms with E-state index in [2.05, 4.69) is 15.3 Å². The Bertz CT molecular complexity index is 1260. The Morgan fingerprint density at radius 1 is 1.28 bits per heavy atom.